The van der Waals surface area contributed by atoms with Crippen LogP contribution in [0.3, 0.4) is 0 Å². The monoisotopic (exact) mass is 283 g/mol. The van der Waals surface area contributed by atoms with Crippen LogP contribution in [0.15, 0.2) is 36.4 Å². The van der Waals surface area contributed by atoms with E-state index < -0.39 is 17.6 Å². The van der Waals surface area contributed by atoms with Gasteiger partial charge in [0.05, 0.1) is 22.0 Å². The lowest BCUT2D eigenvalue weighted by molar-refractivity contribution is 0.0698. The van der Waals surface area contributed by atoms with Gasteiger partial charge in [-0.1, -0.05) is 23.7 Å². The van der Waals surface area contributed by atoms with Crippen molar-refractivity contribution in [2.24, 2.45) is 0 Å². The molecule has 0 aromatic heterocycles. The van der Waals surface area contributed by atoms with Crippen LogP contribution in [0.1, 0.15) is 10.4 Å². The van der Waals surface area contributed by atoms with E-state index in [-0.39, 0.29) is 22.0 Å². The van der Waals surface area contributed by atoms with Crippen LogP contribution in [0.2, 0.25) is 5.02 Å². The van der Waals surface area contributed by atoms with Crippen molar-refractivity contribution in [3.63, 3.8) is 0 Å². The lowest BCUT2D eigenvalue weighted by Gasteiger charge is -2.11. The molecule has 2 aromatic carbocycles. The third-order valence-electron chi connectivity index (χ3n) is 2.42. The molecule has 0 bridgehead atoms. The second-order valence-corrected chi connectivity index (χ2v) is 4.13. The second kappa shape index (κ2) is 5.24. The molecule has 0 aliphatic rings. The summed E-state index contributed by atoms with van der Waals surface area (Å²) in [7, 11) is 0. The normalized spacial score (nSPS) is 10.3. The Bertz CT molecular complexity index is 623. The summed E-state index contributed by atoms with van der Waals surface area (Å²) in [5.41, 5.74) is -0.0403. The molecular formula is C13H8ClF2NO2. The average molecular weight is 284 g/mol. The molecule has 0 unspecified atom stereocenters. The van der Waals surface area contributed by atoms with Crippen molar-refractivity contribution in [1.29, 1.82) is 0 Å². The molecule has 0 spiro atoms. The molecule has 0 heterocycles. The number of aromatic carboxylic acids is 1. The molecule has 0 aliphatic carbocycles. The molecule has 0 aliphatic heterocycles. The number of carboxylic acids is 1. The number of nitrogens with one attached hydrogen (secondary N) is 1. The Kier molecular flexibility index (Phi) is 3.66. The van der Waals surface area contributed by atoms with E-state index >= 15 is 0 Å². The van der Waals surface area contributed by atoms with Gasteiger partial charge in [-0.15, -0.1) is 0 Å². The number of anilines is 2. The van der Waals surface area contributed by atoms with Gasteiger partial charge in [0.15, 0.2) is 5.82 Å². The van der Waals surface area contributed by atoms with Gasteiger partial charge in [0.1, 0.15) is 5.82 Å². The molecule has 98 valence electrons. The Labute approximate surface area is 112 Å². The highest BCUT2D eigenvalue weighted by atomic mass is 35.5. The number of halogens is 3. The summed E-state index contributed by atoms with van der Waals surface area (Å²) in [5.74, 6) is -2.87. The zero-order valence-electron chi connectivity index (χ0n) is 9.45. The van der Waals surface area contributed by atoms with E-state index in [0.717, 1.165) is 6.07 Å². The number of para-hydroxylation sites is 1. The van der Waals surface area contributed by atoms with Gasteiger partial charge in [0, 0.05) is 6.07 Å². The number of benzene rings is 2. The molecule has 0 fully saturated rings. The molecule has 19 heavy (non-hydrogen) atoms. The maximum atomic E-state index is 13.6. The number of carbonyl (C=O) groups is 1. The fourth-order valence-electron chi connectivity index (χ4n) is 1.57. The summed E-state index contributed by atoms with van der Waals surface area (Å²) in [6.07, 6.45) is 0. The summed E-state index contributed by atoms with van der Waals surface area (Å²) < 4.78 is 26.5. The highest BCUT2D eigenvalue weighted by molar-refractivity contribution is 6.33. The van der Waals surface area contributed by atoms with E-state index in [4.69, 9.17) is 16.7 Å². The Morgan fingerprint density at radius 1 is 1.21 bits per heavy atom. The van der Waals surface area contributed by atoms with Crippen molar-refractivity contribution in [3.05, 3.63) is 58.6 Å². The van der Waals surface area contributed by atoms with Crippen molar-refractivity contribution >= 4 is 28.9 Å². The van der Waals surface area contributed by atoms with Crippen molar-refractivity contribution in [3.8, 4) is 0 Å². The van der Waals surface area contributed by atoms with Gasteiger partial charge in [-0.2, -0.15) is 0 Å². The van der Waals surface area contributed by atoms with E-state index in [1.807, 2.05) is 0 Å². The van der Waals surface area contributed by atoms with E-state index in [1.165, 1.54) is 18.2 Å². The van der Waals surface area contributed by atoms with E-state index in [2.05, 4.69) is 5.32 Å². The molecule has 0 amide bonds. The van der Waals surface area contributed by atoms with Crippen molar-refractivity contribution in [2.45, 2.75) is 0 Å². The van der Waals surface area contributed by atoms with Gasteiger partial charge in [-0.3, -0.25) is 0 Å². The summed E-state index contributed by atoms with van der Waals surface area (Å²) >= 11 is 5.73. The van der Waals surface area contributed by atoms with Gasteiger partial charge in [0.2, 0.25) is 0 Å². The molecule has 2 N–H and O–H groups in total. The predicted molar refractivity (Wildman–Crippen MR) is 68.1 cm³/mol. The quantitative estimate of drug-likeness (QED) is 0.893. The number of rotatable bonds is 3. The number of carboxylic acid groups (broad SMARTS) is 1. The van der Waals surface area contributed by atoms with Crippen molar-refractivity contribution < 1.29 is 18.7 Å². The predicted octanol–water partition coefficient (Wildman–Crippen LogP) is 4.06. The molecule has 6 heteroatoms. The summed E-state index contributed by atoms with van der Waals surface area (Å²) in [6, 6.07) is 7.55. The van der Waals surface area contributed by atoms with Crippen LogP contribution in [0.25, 0.3) is 0 Å². The first-order valence-electron chi connectivity index (χ1n) is 5.23. The van der Waals surface area contributed by atoms with Gasteiger partial charge in [-0.05, 0) is 18.2 Å². The third kappa shape index (κ3) is 2.82. The van der Waals surface area contributed by atoms with Crippen LogP contribution in [0, 0.1) is 11.6 Å². The Morgan fingerprint density at radius 3 is 2.53 bits per heavy atom. The Morgan fingerprint density at radius 2 is 1.89 bits per heavy atom. The molecule has 0 radical (unpaired) electrons. The molecular weight excluding hydrogens is 276 g/mol. The summed E-state index contributed by atoms with van der Waals surface area (Å²) in [6.45, 7) is 0. The first kappa shape index (κ1) is 13.3. The first-order valence-corrected chi connectivity index (χ1v) is 5.60. The molecule has 3 nitrogen and oxygen atoms in total. The largest absolute Gasteiger partial charge is 0.478 e. The SMILES string of the molecule is O=C(O)c1ccccc1Nc1c(F)cc(F)cc1Cl. The maximum absolute atomic E-state index is 13.6. The highest BCUT2D eigenvalue weighted by Gasteiger charge is 2.14. The average Bonchev–Trinajstić information content (AvgIpc) is 2.34. The van der Waals surface area contributed by atoms with Gasteiger partial charge < -0.3 is 10.4 Å². The maximum Gasteiger partial charge on any atom is 0.337 e. The van der Waals surface area contributed by atoms with Crippen LogP contribution in [-0.4, -0.2) is 11.1 Å². The molecule has 0 atom stereocenters. The molecule has 0 saturated heterocycles. The van der Waals surface area contributed by atoms with E-state index in [1.54, 1.807) is 6.07 Å². The first-order chi connectivity index (χ1) is 8.99. The molecule has 2 rings (SSSR count). The van der Waals surface area contributed by atoms with Crippen LogP contribution < -0.4 is 5.32 Å². The lowest BCUT2D eigenvalue weighted by atomic mass is 10.1. The van der Waals surface area contributed by atoms with Crippen molar-refractivity contribution in [1.82, 2.24) is 0 Å². The fraction of sp³-hybridized carbons (Fsp3) is 0. The third-order valence-corrected chi connectivity index (χ3v) is 2.72. The Hall–Kier alpha value is -2.14. The van der Waals surface area contributed by atoms with Crippen LogP contribution in [0.5, 0.6) is 0 Å². The number of hydrogen-bond donors (Lipinski definition) is 2. The van der Waals surface area contributed by atoms with Crippen LogP contribution in [0.4, 0.5) is 20.2 Å². The zero-order chi connectivity index (χ0) is 14.0. The fourth-order valence-corrected chi connectivity index (χ4v) is 1.82. The zero-order valence-corrected chi connectivity index (χ0v) is 10.2. The van der Waals surface area contributed by atoms with Crippen LogP contribution >= 0.6 is 11.6 Å². The van der Waals surface area contributed by atoms with Crippen LogP contribution in [-0.2, 0) is 0 Å². The summed E-state index contributed by atoms with van der Waals surface area (Å²) in [4.78, 5) is 11.0. The lowest BCUT2D eigenvalue weighted by Crippen LogP contribution is -2.04. The minimum Gasteiger partial charge on any atom is -0.478 e. The van der Waals surface area contributed by atoms with Gasteiger partial charge >= 0.3 is 5.97 Å². The number of hydrogen-bond acceptors (Lipinski definition) is 2. The Balaban J connectivity index is 2.45. The van der Waals surface area contributed by atoms with E-state index in [9.17, 15) is 13.6 Å². The minimum absolute atomic E-state index is 0.0395. The minimum atomic E-state index is -1.17. The van der Waals surface area contributed by atoms with Crippen molar-refractivity contribution in [2.75, 3.05) is 5.32 Å². The topological polar surface area (TPSA) is 49.3 Å². The van der Waals surface area contributed by atoms with Gasteiger partial charge in [0.25, 0.3) is 0 Å². The smallest absolute Gasteiger partial charge is 0.337 e. The standard InChI is InChI=1S/C13H8ClF2NO2/c14-9-5-7(15)6-10(16)12(9)17-11-4-2-1-3-8(11)13(18)19/h1-6,17H,(H,18,19). The molecule has 2 aromatic rings. The van der Waals surface area contributed by atoms with E-state index in [0.29, 0.717) is 6.07 Å². The summed E-state index contributed by atoms with van der Waals surface area (Å²) in [5, 5.41) is 11.4. The second-order valence-electron chi connectivity index (χ2n) is 3.72. The molecule has 0 saturated carbocycles. The highest BCUT2D eigenvalue weighted by Crippen LogP contribution is 2.30. The van der Waals surface area contributed by atoms with Gasteiger partial charge in [-0.25, -0.2) is 13.6 Å².